The Kier molecular flexibility index (Phi) is 16.6. The van der Waals surface area contributed by atoms with Gasteiger partial charge < -0.3 is 43.2 Å². The number of methoxy groups -OCH3 is 1. The molecule has 4 fully saturated rings. The van der Waals surface area contributed by atoms with Crippen LogP contribution < -0.4 is 0 Å². The second-order valence-corrected chi connectivity index (χ2v) is 18.9. The van der Waals surface area contributed by atoms with Gasteiger partial charge in [0.2, 0.25) is 0 Å². The molecule has 3 amide bonds. The van der Waals surface area contributed by atoms with E-state index in [4.69, 9.17) is 44.8 Å². The molecule has 0 aliphatic carbocycles. The minimum Gasteiger partial charge on any atom is -0.458 e. The third-order valence-electron chi connectivity index (χ3n) is 14.2. The van der Waals surface area contributed by atoms with Gasteiger partial charge in [0.1, 0.15) is 30.7 Å². The molecule has 0 saturated carbocycles. The fraction of sp³-hybridized carbons (Fsp3) is 0.761. The lowest BCUT2D eigenvalue weighted by Gasteiger charge is -2.48. The number of halogens is 1. The molecule has 0 spiro atoms. The van der Waals surface area contributed by atoms with Crippen LogP contribution in [-0.4, -0.2) is 150 Å². The van der Waals surface area contributed by atoms with Gasteiger partial charge in [-0.2, -0.15) is 0 Å². The lowest BCUT2D eigenvalue weighted by atomic mass is 9.73. The van der Waals surface area contributed by atoms with Crippen molar-refractivity contribution in [2.75, 3.05) is 33.9 Å². The van der Waals surface area contributed by atoms with Crippen LogP contribution >= 0.6 is 11.6 Å². The topological polar surface area (TPSA) is 180 Å². The van der Waals surface area contributed by atoms with Gasteiger partial charge in [-0.05, 0) is 91.1 Å². The van der Waals surface area contributed by atoms with Gasteiger partial charge in [-0.3, -0.25) is 14.5 Å². The normalized spacial score (nSPS) is 38.2. The Labute approximate surface area is 377 Å². The summed E-state index contributed by atoms with van der Waals surface area (Å²) < 4.78 is 43.6. The van der Waals surface area contributed by atoms with Gasteiger partial charge in [-0.1, -0.05) is 65.3 Å². The highest BCUT2D eigenvalue weighted by Crippen LogP contribution is 2.44. The van der Waals surface area contributed by atoms with E-state index in [2.05, 4.69) is 0 Å². The number of Topliss-reactive ketones (excluding diaryl/α,β-unsaturated/α-hetero) is 1. The lowest BCUT2D eigenvalue weighted by molar-refractivity contribution is -0.301. The van der Waals surface area contributed by atoms with E-state index in [0.29, 0.717) is 30.8 Å². The first kappa shape index (κ1) is 50.5. The smallest absolute Gasteiger partial charge is 0.419 e. The number of carbonyl (C=O) groups is 5. The van der Waals surface area contributed by atoms with Crippen LogP contribution in [0.2, 0.25) is 5.02 Å². The number of rotatable bonds is 11. The molecule has 1 aromatic carbocycles. The first-order valence-electron chi connectivity index (χ1n) is 22.5. The molecule has 4 aliphatic heterocycles. The summed E-state index contributed by atoms with van der Waals surface area (Å²) in [6, 6.07) is 5.47. The van der Waals surface area contributed by atoms with Gasteiger partial charge in [0, 0.05) is 42.5 Å². The number of cyclic esters (lactones) is 2. The van der Waals surface area contributed by atoms with Crippen molar-refractivity contribution in [3.8, 4) is 0 Å². The zero-order valence-corrected chi connectivity index (χ0v) is 39.8. The van der Waals surface area contributed by atoms with E-state index in [1.165, 1.54) is 7.11 Å². The summed E-state index contributed by atoms with van der Waals surface area (Å²) in [5.74, 6) is -4.66. The third kappa shape index (κ3) is 10.5. The number of nitrogens with zero attached hydrogens (tertiary/aromatic N) is 3. The monoisotopic (exact) mass is 907 g/mol. The van der Waals surface area contributed by atoms with Crippen LogP contribution in [0.1, 0.15) is 100 Å². The second kappa shape index (κ2) is 20.7. The molecular weight excluding hydrogens is 838 g/mol. The van der Waals surface area contributed by atoms with Crippen molar-refractivity contribution in [2.45, 2.75) is 167 Å². The van der Waals surface area contributed by atoms with E-state index < -0.39 is 102 Å². The number of esters is 1. The number of benzene rings is 1. The number of aliphatic hydroxyl groups is 1. The van der Waals surface area contributed by atoms with Crippen LogP contribution in [0.4, 0.5) is 14.4 Å². The van der Waals surface area contributed by atoms with Gasteiger partial charge in [-0.15, -0.1) is 0 Å². The second-order valence-electron chi connectivity index (χ2n) is 18.5. The average molecular weight is 909 g/mol. The van der Waals surface area contributed by atoms with Crippen molar-refractivity contribution in [3.63, 3.8) is 0 Å². The van der Waals surface area contributed by atoms with E-state index in [-0.39, 0.29) is 43.9 Å². The standard InChI is InChI=1S/C46H70ClN3O13/c1-13-32-24-58-43(55)50(32)44(56)61-37-28(7)39(62-41-36(52)33(48(11)15-3)22-26(5)59-41)45(9,57-12)23-25(4)35(51)27(6)38-46(10,34(14-2)60-40(53)29(37)8)63-42(54)49(38)21-20-30-16-18-31(47)19-17-30/h16-19,25-29,32-34,36-39,41,52H,13-15,20-24H2,1-12H3/t25-,26-,27-,28+,29-,32+,33+,34+,36-,37+,38-,39-,41+,45+,46-/m1/s1. The molecule has 4 aliphatic rings. The number of imide groups is 1. The number of fused-ring (bicyclic) bond motifs is 1. The summed E-state index contributed by atoms with van der Waals surface area (Å²) in [6.45, 7) is 18.6. The molecule has 1 N–H and O–H groups in total. The van der Waals surface area contributed by atoms with Gasteiger partial charge in [0.25, 0.3) is 0 Å². The average Bonchev–Trinajstić information content (AvgIpc) is 3.76. The molecular formula is C46H70ClN3O13. The molecule has 5 rings (SSSR count). The highest BCUT2D eigenvalue weighted by molar-refractivity contribution is 6.30. The summed E-state index contributed by atoms with van der Waals surface area (Å²) >= 11 is 6.15. The zero-order chi connectivity index (χ0) is 46.7. The van der Waals surface area contributed by atoms with E-state index in [1.807, 2.05) is 37.9 Å². The highest BCUT2D eigenvalue weighted by atomic mass is 35.5. The third-order valence-corrected chi connectivity index (χ3v) is 14.4. The van der Waals surface area contributed by atoms with Gasteiger partial charge in [0.05, 0.1) is 35.8 Å². The molecule has 0 bridgehead atoms. The maximum atomic E-state index is 14.9. The Bertz CT molecular complexity index is 1790. The van der Waals surface area contributed by atoms with Gasteiger partial charge >= 0.3 is 24.2 Å². The van der Waals surface area contributed by atoms with Crippen molar-refractivity contribution >= 4 is 41.6 Å². The number of ether oxygens (including phenoxy) is 7. The van der Waals surface area contributed by atoms with E-state index in [1.54, 1.807) is 72.4 Å². The summed E-state index contributed by atoms with van der Waals surface area (Å²) in [5, 5.41) is 12.4. The summed E-state index contributed by atoms with van der Waals surface area (Å²) in [7, 11) is 3.39. The first-order valence-corrected chi connectivity index (χ1v) is 22.9. The Hall–Kier alpha value is -3.54. The van der Waals surface area contributed by atoms with Crippen molar-refractivity contribution in [3.05, 3.63) is 34.9 Å². The maximum Gasteiger partial charge on any atom is 0.419 e. The molecule has 63 heavy (non-hydrogen) atoms. The molecule has 17 heteroatoms. The van der Waals surface area contributed by atoms with Crippen LogP contribution in [0.25, 0.3) is 0 Å². The summed E-state index contributed by atoms with van der Waals surface area (Å²) in [4.78, 5) is 75.2. The Morgan fingerprint density at radius 3 is 2.25 bits per heavy atom. The van der Waals surface area contributed by atoms with Crippen LogP contribution in [0.15, 0.2) is 24.3 Å². The minimum absolute atomic E-state index is 0.0180. The largest absolute Gasteiger partial charge is 0.458 e. The molecule has 4 saturated heterocycles. The van der Waals surface area contributed by atoms with Crippen LogP contribution in [0.5, 0.6) is 0 Å². The molecule has 15 atom stereocenters. The molecule has 16 nitrogen and oxygen atoms in total. The van der Waals surface area contributed by atoms with E-state index in [0.717, 1.165) is 10.5 Å². The van der Waals surface area contributed by atoms with Crippen molar-refractivity contribution in [1.29, 1.82) is 0 Å². The predicted octanol–water partition coefficient (Wildman–Crippen LogP) is 6.64. The SMILES string of the molecule is CC[C@H]1COC(=O)N1C(=O)O[C@H]1[C@H](C)[C@@H](O[C@@H]2O[C@H](C)C[C@H](N(C)CC)[C@H]2O)[C@@](C)(OC)C[C@@H](C)C(=O)[C@@H](C)[C@H]2N(CCc3ccc(Cl)cc3)C(=O)O[C@]2(C)[C@H](CC)OC(=O)[C@@H]1C. The Balaban J connectivity index is 1.63. The number of hydrogen-bond donors (Lipinski definition) is 1. The molecule has 0 unspecified atom stereocenters. The zero-order valence-electron chi connectivity index (χ0n) is 39.0. The van der Waals surface area contributed by atoms with Crippen molar-refractivity contribution in [2.24, 2.45) is 23.7 Å². The predicted molar refractivity (Wildman–Crippen MR) is 232 cm³/mol. The Morgan fingerprint density at radius 1 is 0.984 bits per heavy atom. The van der Waals surface area contributed by atoms with E-state index >= 15 is 0 Å². The lowest BCUT2D eigenvalue weighted by Crippen LogP contribution is -2.61. The number of hydrogen-bond acceptors (Lipinski definition) is 14. The molecule has 4 heterocycles. The maximum absolute atomic E-state index is 14.9. The number of aliphatic hydroxyl groups excluding tert-OH is 1. The first-order chi connectivity index (χ1) is 29.7. The van der Waals surface area contributed by atoms with Crippen LogP contribution in [0.3, 0.4) is 0 Å². The Morgan fingerprint density at radius 2 is 1.65 bits per heavy atom. The number of carbonyl (C=O) groups excluding carboxylic acids is 5. The van der Waals surface area contributed by atoms with Crippen LogP contribution in [0, 0.1) is 23.7 Å². The highest BCUT2D eigenvalue weighted by Gasteiger charge is 2.61. The van der Waals surface area contributed by atoms with Crippen molar-refractivity contribution < 1.29 is 62.2 Å². The molecule has 0 radical (unpaired) electrons. The van der Waals surface area contributed by atoms with Crippen LogP contribution in [-0.2, 0) is 49.2 Å². The quantitative estimate of drug-likeness (QED) is 0.184. The fourth-order valence-corrected chi connectivity index (χ4v) is 10.4. The van der Waals surface area contributed by atoms with Gasteiger partial charge in [0.15, 0.2) is 11.9 Å². The molecule has 1 aromatic rings. The number of ketones is 1. The summed E-state index contributed by atoms with van der Waals surface area (Å²) in [5.41, 5.74) is -1.94. The number of amides is 3. The minimum atomic E-state index is -1.49. The summed E-state index contributed by atoms with van der Waals surface area (Å²) in [6.07, 6.45) is -7.08. The van der Waals surface area contributed by atoms with Crippen molar-refractivity contribution in [1.82, 2.24) is 14.7 Å². The molecule has 354 valence electrons. The van der Waals surface area contributed by atoms with E-state index in [9.17, 15) is 29.1 Å². The van der Waals surface area contributed by atoms with Gasteiger partial charge in [-0.25, -0.2) is 19.3 Å². The fourth-order valence-electron chi connectivity index (χ4n) is 10.3. The molecule has 0 aromatic heterocycles. The number of likely N-dealkylation sites (N-methyl/N-ethyl adjacent to an activating group) is 1.